The Balaban J connectivity index is 1.65. The third-order valence-electron chi connectivity index (χ3n) is 4.11. The van der Waals surface area contributed by atoms with Gasteiger partial charge in [0.25, 0.3) is 0 Å². The summed E-state index contributed by atoms with van der Waals surface area (Å²) in [4.78, 5) is 14.4. The summed E-state index contributed by atoms with van der Waals surface area (Å²) >= 11 is 5.64. The highest BCUT2D eigenvalue weighted by atomic mass is 35.5. The number of benzene rings is 1. The lowest BCUT2D eigenvalue weighted by Crippen LogP contribution is -2.33. The predicted octanol–water partition coefficient (Wildman–Crippen LogP) is 2.99. The first kappa shape index (κ1) is 16.0. The highest BCUT2D eigenvalue weighted by molar-refractivity contribution is 6.30. The smallest absolute Gasteiger partial charge is 0.238 e. The van der Waals surface area contributed by atoms with Crippen molar-refractivity contribution >= 4 is 23.2 Å². The van der Waals surface area contributed by atoms with Crippen LogP contribution in [0.2, 0.25) is 5.02 Å². The van der Waals surface area contributed by atoms with Crippen LogP contribution in [0.25, 0.3) is 0 Å². The van der Waals surface area contributed by atoms with Crippen molar-refractivity contribution in [3.05, 3.63) is 47.0 Å². The van der Waals surface area contributed by atoms with Crippen LogP contribution < -0.4 is 5.32 Å². The molecule has 7 heteroatoms. The number of aryl methyl sites for hydroxylation is 1. The fourth-order valence-corrected chi connectivity index (χ4v) is 3.14. The minimum Gasteiger partial charge on any atom is -0.325 e. The van der Waals surface area contributed by atoms with Gasteiger partial charge in [-0.25, -0.2) is 4.39 Å². The maximum atomic E-state index is 13.4. The summed E-state index contributed by atoms with van der Waals surface area (Å²) < 4.78 is 15.3. The Morgan fingerprint density at radius 1 is 1.48 bits per heavy atom. The van der Waals surface area contributed by atoms with Crippen LogP contribution in [0.1, 0.15) is 24.6 Å². The molecule has 0 spiro atoms. The van der Waals surface area contributed by atoms with E-state index >= 15 is 0 Å². The van der Waals surface area contributed by atoms with E-state index < -0.39 is 5.82 Å². The fourth-order valence-electron chi connectivity index (χ4n) is 3.02. The number of anilines is 1. The van der Waals surface area contributed by atoms with E-state index in [0.29, 0.717) is 5.69 Å². The second kappa shape index (κ2) is 6.68. The lowest BCUT2D eigenvalue weighted by molar-refractivity contribution is -0.117. The minimum absolute atomic E-state index is 0.0406. The molecule has 1 amide bonds. The molecule has 1 atom stereocenters. The molecular formula is C16H18ClFN4O. The molecule has 3 rings (SSSR count). The molecule has 2 heterocycles. The van der Waals surface area contributed by atoms with Crippen molar-refractivity contribution in [1.82, 2.24) is 14.7 Å². The molecule has 1 fully saturated rings. The molecule has 0 radical (unpaired) electrons. The first-order chi connectivity index (χ1) is 11.0. The molecule has 5 nitrogen and oxygen atoms in total. The van der Waals surface area contributed by atoms with E-state index in [1.165, 1.54) is 12.1 Å². The summed E-state index contributed by atoms with van der Waals surface area (Å²) in [5.74, 6) is -0.709. The summed E-state index contributed by atoms with van der Waals surface area (Å²) in [6.07, 6.45) is 3.81. The van der Waals surface area contributed by atoms with Gasteiger partial charge in [-0.05, 0) is 43.7 Å². The SMILES string of the molecule is Cn1nccc1C1CCCN1CC(=O)Nc1ccc(Cl)c(F)c1. The Bertz CT molecular complexity index is 718. The van der Waals surface area contributed by atoms with Crippen molar-refractivity contribution in [2.75, 3.05) is 18.4 Å². The summed E-state index contributed by atoms with van der Waals surface area (Å²) in [5, 5.41) is 6.95. The van der Waals surface area contributed by atoms with Crippen molar-refractivity contribution in [2.24, 2.45) is 7.05 Å². The number of nitrogens with one attached hydrogen (secondary N) is 1. The minimum atomic E-state index is -0.543. The van der Waals surface area contributed by atoms with E-state index in [2.05, 4.69) is 15.3 Å². The number of nitrogens with zero attached hydrogens (tertiary/aromatic N) is 3. The van der Waals surface area contributed by atoms with Gasteiger partial charge in [0.05, 0.1) is 23.3 Å². The zero-order chi connectivity index (χ0) is 16.4. The molecule has 1 aromatic heterocycles. The van der Waals surface area contributed by atoms with Gasteiger partial charge in [-0.2, -0.15) is 5.10 Å². The third-order valence-corrected chi connectivity index (χ3v) is 4.42. The van der Waals surface area contributed by atoms with Gasteiger partial charge in [0.1, 0.15) is 5.82 Å². The number of hydrogen-bond donors (Lipinski definition) is 1. The van der Waals surface area contributed by atoms with Gasteiger partial charge in [-0.1, -0.05) is 11.6 Å². The molecule has 1 saturated heterocycles. The van der Waals surface area contributed by atoms with Crippen LogP contribution in [0.5, 0.6) is 0 Å². The standard InChI is InChI=1S/C16H18ClFN4O/c1-21-14(6-7-19-21)15-3-2-8-22(15)10-16(23)20-11-4-5-12(17)13(18)9-11/h4-7,9,15H,2-3,8,10H2,1H3,(H,20,23). The zero-order valence-electron chi connectivity index (χ0n) is 12.8. The van der Waals surface area contributed by atoms with Crippen molar-refractivity contribution in [2.45, 2.75) is 18.9 Å². The summed E-state index contributed by atoms with van der Waals surface area (Å²) in [6.45, 7) is 1.12. The fraction of sp³-hybridized carbons (Fsp3) is 0.375. The molecule has 122 valence electrons. The van der Waals surface area contributed by atoms with Crippen LogP contribution in [0.15, 0.2) is 30.5 Å². The molecule has 1 N–H and O–H groups in total. The molecule has 0 aliphatic carbocycles. The second-order valence-electron chi connectivity index (χ2n) is 5.69. The average Bonchev–Trinajstić information content (AvgIpc) is 3.11. The predicted molar refractivity (Wildman–Crippen MR) is 86.8 cm³/mol. The Morgan fingerprint density at radius 3 is 3.00 bits per heavy atom. The van der Waals surface area contributed by atoms with Crippen LogP contribution >= 0.6 is 11.6 Å². The number of carbonyl (C=O) groups excluding carboxylic acids is 1. The van der Waals surface area contributed by atoms with Gasteiger partial charge in [0.2, 0.25) is 5.91 Å². The van der Waals surface area contributed by atoms with E-state index in [1.54, 1.807) is 12.3 Å². The molecule has 23 heavy (non-hydrogen) atoms. The van der Waals surface area contributed by atoms with Crippen molar-refractivity contribution in [1.29, 1.82) is 0 Å². The number of carbonyl (C=O) groups is 1. The number of likely N-dealkylation sites (tertiary alicyclic amines) is 1. The molecule has 1 aliphatic rings. The molecule has 1 aromatic carbocycles. The Labute approximate surface area is 139 Å². The monoisotopic (exact) mass is 336 g/mol. The molecule has 0 saturated carbocycles. The van der Waals surface area contributed by atoms with Crippen LogP contribution in [0, 0.1) is 5.82 Å². The van der Waals surface area contributed by atoms with Crippen LogP contribution in [-0.2, 0) is 11.8 Å². The van der Waals surface area contributed by atoms with E-state index in [9.17, 15) is 9.18 Å². The van der Waals surface area contributed by atoms with Gasteiger partial charge in [-0.3, -0.25) is 14.4 Å². The third kappa shape index (κ3) is 3.54. The average molecular weight is 337 g/mol. The number of aromatic nitrogens is 2. The highest BCUT2D eigenvalue weighted by Gasteiger charge is 2.29. The number of halogens is 2. The van der Waals surface area contributed by atoms with Gasteiger partial charge in [0.15, 0.2) is 0 Å². The maximum absolute atomic E-state index is 13.4. The van der Waals surface area contributed by atoms with E-state index in [4.69, 9.17) is 11.6 Å². The maximum Gasteiger partial charge on any atom is 0.238 e. The van der Waals surface area contributed by atoms with Crippen LogP contribution in [0.4, 0.5) is 10.1 Å². The van der Waals surface area contributed by atoms with E-state index in [0.717, 1.165) is 25.1 Å². The molecular weight excluding hydrogens is 319 g/mol. The first-order valence-electron chi connectivity index (χ1n) is 7.51. The van der Waals surface area contributed by atoms with Crippen molar-refractivity contribution < 1.29 is 9.18 Å². The summed E-state index contributed by atoms with van der Waals surface area (Å²) in [6, 6.07) is 6.42. The summed E-state index contributed by atoms with van der Waals surface area (Å²) in [5.41, 5.74) is 1.51. The zero-order valence-corrected chi connectivity index (χ0v) is 13.6. The molecule has 1 aliphatic heterocycles. The van der Waals surface area contributed by atoms with Crippen LogP contribution in [-0.4, -0.2) is 33.7 Å². The lowest BCUT2D eigenvalue weighted by Gasteiger charge is -2.24. The number of rotatable bonds is 4. The topological polar surface area (TPSA) is 50.2 Å². The lowest BCUT2D eigenvalue weighted by atomic mass is 10.1. The first-order valence-corrected chi connectivity index (χ1v) is 7.89. The highest BCUT2D eigenvalue weighted by Crippen LogP contribution is 2.31. The van der Waals surface area contributed by atoms with Crippen LogP contribution in [0.3, 0.4) is 0 Å². The molecule has 2 aromatic rings. The Morgan fingerprint density at radius 2 is 2.30 bits per heavy atom. The summed E-state index contributed by atoms with van der Waals surface area (Å²) in [7, 11) is 1.91. The largest absolute Gasteiger partial charge is 0.325 e. The second-order valence-corrected chi connectivity index (χ2v) is 6.09. The Hall–Kier alpha value is -1.92. The van der Waals surface area contributed by atoms with Gasteiger partial charge >= 0.3 is 0 Å². The van der Waals surface area contributed by atoms with Gasteiger partial charge < -0.3 is 5.32 Å². The van der Waals surface area contributed by atoms with Crippen molar-refractivity contribution in [3.63, 3.8) is 0 Å². The van der Waals surface area contributed by atoms with E-state index in [1.807, 2.05) is 17.8 Å². The Kier molecular flexibility index (Phi) is 4.63. The van der Waals surface area contributed by atoms with Gasteiger partial charge in [-0.15, -0.1) is 0 Å². The molecule has 0 bridgehead atoms. The normalized spacial score (nSPS) is 18.3. The van der Waals surface area contributed by atoms with Gasteiger partial charge in [0, 0.05) is 18.9 Å². The van der Waals surface area contributed by atoms with E-state index in [-0.39, 0.29) is 23.5 Å². The number of amides is 1. The number of hydrogen-bond acceptors (Lipinski definition) is 3. The quantitative estimate of drug-likeness (QED) is 0.933. The van der Waals surface area contributed by atoms with Crippen molar-refractivity contribution in [3.8, 4) is 0 Å². The molecule has 1 unspecified atom stereocenters.